The zero-order valence-electron chi connectivity index (χ0n) is 16.3. The van der Waals surface area contributed by atoms with Crippen molar-refractivity contribution in [3.8, 4) is 0 Å². The molecule has 1 heterocycles. The summed E-state index contributed by atoms with van der Waals surface area (Å²) < 4.78 is 0. The van der Waals surface area contributed by atoms with Crippen LogP contribution in [0, 0.1) is 0 Å². The van der Waals surface area contributed by atoms with Gasteiger partial charge in [0.15, 0.2) is 0 Å². The molecule has 1 fully saturated rings. The van der Waals surface area contributed by atoms with Crippen LogP contribution in [0.15, 0.2) is 18.2 Å². The number of anilines is 1. The van der Waals surface area contributed by atoms with Gasteiger partial charge in [-0.15, -0.1) is 0 Å². The first-order valence-electron chi connectivity index (χ1n) is 9.19. The maximum Gasteiger partial charge on any atom is 0.244 e. The van der Waals surface area contributed by atoms with Gasteiger partial charge in [-0.2, -0.15) is 0 Å². The second-order valence-corrected chi connectivity index (χ2v) is 7.94. The molecule has 0 radical (unpaired) electrons. The van der Waals surface area contributed by atoms with Crippen molar-refractivity contribution in [3.05, 3.63) is 28.2 Å². The van der Waals surface area contributed by atoms with Crippen molar-refractivity contribution in [2.24, 2.45) is 0 Å². The summed E-state index contributed by atoms with van der Waals surface area (Å²) in [7, 11) is 3.28. The summed E-state index contributed by atoms with van der Waals surface area (Å²) in [6.07, 6.45) is 2.48. The molecule has 2 atom stereocenters. The molecule has 0 bridgehead atoms. The number of carbonyl (C=O) groups is 3. The van der Waals surface area contributed by atoms with E-state index < -0.39 is 12.1 Å². The summed E-state index contributed by atoms with van der Waals surface area (Å²) in [5, 5.41) is 6.31. The molecule has 1 saturated heterocycles. The fourth-order valence-electron chi connectivity index (χ4n) is 3.20. The highest BCUT2D eigenvalue weighted by molar-refractivity contribution is 6.42. The van der Waals surface area contributed by atoms with Crippen LogP contribution in [0.25, 0.3) is 0 Å². The molecule has 154 valence electrons. The molecule has 1 aliphatic heterocycles. The molecule has 1 aliphatic rings. The molecule has 2 unspecified atom stereocenters. The summed E-state index contributed by atoms with van der Waals surface area (Å²) in [4.78, 5) is 40.3. The maximum atomic E-state index is 12.8. The van der Waals surface area contributed by atoms with E-state index in [2.05, 4.69) is 10.6 Å². The Morgan fingerprint density at radius 1 is 1.21 bits per heavy atom. The molecule has 3 amide bonds. The number of likely N-dealkylation sites (N-methyl/N-ethyl adjacent to an activating group) is 1. The number of likely N-dealkylation sites (tertiary alicyclic amines) is 1. The number of nitrogens with one attached hydrogen (secondary N) is 2. The molecule has 7 nitrogen and oxygen atoms in total. The average Bonchev–Trinajstić information content (AvgIpc) is 2.64. The van der Waals surface area contributed by atoms with Gasteiger partial charge in [-0.1, -0.05) is 29.6 Å². The predicted octanol–water partition coefficient (Wildman–Crippen LogP) is 2.38. The van der Waals surface area contributed by atoms with E-state index in [0.717, 1.165) is 12.8 Å². The molecule has 28 heavy (non-hydrogen) atoms. The molecule has 0 saturated carbocycles. The lowest BCUT2D eigenvalue weighted by Crippen LogP contribution is -2.53. The van der Waals surface area contributed by atoms with E-state index in [9.17, 15) is 14.4 Å². The van der Waals surface area contributed by atoms with Crippen LogP contribution in [0.1, 0.15) is 26.2 Å². The standard InChI is InChI=1S/C19H26Cl2N4O3/c1-12(19(28)24(2)3)22-17(26)11-25-9-5-4-6-16(25)18(27)23-13-7-8-14(20)15(21)10-13/h7-8,10,12,16H,4-6,9,11H2,1-3H3,(H,22,26)(H,23,27). The quantitative estimate of drug-likeness (QED) is 0.728. The lowest BCUT2D eigenvalue weighted by atomic mass is 10.0. The minimum Gasteiger partial charge on any atom is -0.347 e. The number of halogens is 2. The van der Waals surface area contributed by atoms with Crippen LogP contribution < -0.4 is 10.6 Å². The lowest BCUT2D eigenvalue weighted by Gasteiger charge is -2.34. The Kier molecular flexibility index (Phi) is 8.10. The number of hydrogen-bond donors (Lipinski definition) is 2. The maximum absolute atomic E-state index is 12.8. The van der Waals surface area contributed by atoms with E-state index in [1.54, 1.807) is 39.2 Å². The second kappa shape index (κ2) is 10.1. The molecule has 0 spiro atoms. The van der Waals surface area contributed by atoms with Gasteiger partial charge in [-0.05, 0) is 44.5 Å². The third-order valence-electron chi connectivity index (χ3n) is 4.64. The number of benzene rings is 1. The third-order valence-corrected chi connectivity index (χ3v) is 5.38. The highest BCUT2D eigenvalue weighted by atomic mass is 35.5. The number of carbonyl (C=O) groups excluding carboxylic acids is 3. The molecule has 2 N–H and O–H groups in total. The average molecular weight is 429 g/mol. The van der Waals surface area contributed by atoms with Crippen LogP contribution in [0.5, 0.6) is 0 Å². The van der Waals surface area contributed by atoms with Gasteiger partial charge >= 0.3 is 0 Å². The zero-order valence-corrected chi connectivity index (χ0v) is 17.8. The van der Waals surface area contributed by atoms with Crippen molar-refractivity contribution in [2.75, 3.05) is 32.5 Å². The number of hydrogen-bond acceptors (Lipinski definition) is 4. The number of nitrogens with zero attached hydrogens (tertiary/aromatic N) is 2. The van der Waals surface area contributed by atoms with E-state index in [4.69, 9.17) is 23.2 Å². The van der Waals surface area contributed by atoms with E-state index in [-0.39, 0.29) is 24.3 Å². The van der Waals surface area contributed by atoms with E-state index in [1.165, 1.54) is 4.90 Å². The summed E-state index contributed by atoms with van der Waals surface area (Å²) in [6, 6.07) is 3.86. The van der Waals surface area contributed by atoms with Crippen molar-refractivity contribution in [1.82, 2.24) is 15.1 Å². The first-order chi connectivity index (χ1) is 13.2. The van der Waals surface area contributed by atoms with Crippen molar-refractivity contribution >= 4 is 46.6 Å². The van der Waals surface area contributed by atoms with E-state index >= 15 is 0 Å². The van der Waals surface area contributed by atoms with Gasteiger partial charge in [0.05, 0.1) is 22.6 Å². The smallest absolute Gasteiger partial charge is 0.244 e. The molecule has 0 aliphatic carbocycles. The second-order valence-electron chi connectivity index (χ2n) is 7.12. The SMILES string of the molecule is CC(NC(=O)CN1CCCCC1C(=O)Nc1ccc(Cl)c(Cl)c1)C(=O)N(C)C. The summed E-state index contributed by atoms with van der Waals surface area (Å²) in [5.41, 5.74) is 0.555. The normalized spacial score (nSPS) is 18.2. The fraction of sp³-hybridized carbons (Fsp3) is 0.526. The number of piperidine rings is 1. The molecule has 0 aromatic heterocycles. The van der Waals surface area contributed by atoms with Crippen molar-refractivity contribution in [2.45, 2.75) is 38.3 Å². The van der Waals surface area contributed by atoms with Crippen molar-refractivity contribution < 1.29 is 14.4 Å². The van der Waals surface area contributed by atoms with Gasteiger partial charge in [0, 0.05) is 19.8 Å². The monoisotopic (exact) mass is 428 g/mol. The third kappa shape index (κ3) is 6.09. The van der Waals surface area contributed by atoms with Crippen LogP contribution in [0.3, 0.4) is 0 Å². The van der Waals surface area contributed by atoms with Crippen molar-refractivity contribution in [3.63, 3.8) is 0 Å². The first kappa shape index (κ1) is 22.5. The molecule has 2 rings (SSSR count). The zero-order chi connectivity index (χ0) is 20.8. The molecule has 1 aromatic carbocycles. The van der Waals surface area contributed by atoms with Gasteiger partial charge in [-0.3, -0.25) is 19.3 Å². The van der Waals surface area contributed by atoms with Crippen LogP contribution in [0.4, 0.5) is 5.69 Å². The Morgan fingerprint density at radius 2 is 1.93 bits per heavy atom. The Bertz CT molecular complexity index is 742. The topological polar surface area (TPSA) is 81.8 Å². The van der Waals surface area contributed by atoms with Gasteiger partial charge in [-0.25, -0.2) is 0 Å². The predicted molar refractivity (Wildman–Crippen MR) is 111 cm³/mol. The summed E-state index contributed by atoms with van der Waals surface area (Å²) in [5.74, 6) is -0.652. The van der Waals surface area contributed by atoms with Gasteiger partial charge in [0.1, 0.15) is 6.04 Å². The molecular weight excluding hydrogens is 403 g/mol. The van der Waals surface area contributed by atoms with Crippen LogP contribution in [0.2, 0.25) is 10.0 Å². The van der Waals surface area contributed by atoms with Crippen LogP contribution in [-0.2, 0) is 14.4 Å². The number of rotatable bonds is 6. The first-order valence-corrected chi connectivity index (χ1v) is 9.95. The Balaban J connectivity index is 1.98. The Morgan fingerprint density at radius 3 is 2.57 bits per heavy atom. The van der Waals surface area contributed by atoms with Gasteiger partial charge < -0.3 is 15.5 Å². The minimum atomic E-state index is -0.615. The number of amides is 3. The summed E-state index contributed by atoms with van der Waals surface area (Å²) in [6.45, 7) is 2.35. The van der Waals surface area contributed by atoms with E-state index in [1.807, 2.05) is 4.90 Å². The van der Waals surface area contributed by atoms with Crippen molar-refractivity contribution in [1.29, 1.82) is 0 Å². The fourth-order valence-corrected chi connectivity index (χ4v) is 3.50. The van der Waals surface area contributed by atoms with Gasteiger partial charge in [0.2, 0.25) is 17.7 Å². The lowest BCUT2D eigenvalue weighted by molar-refractivity contribution is -0.135. The highest BCUT2D eigenvalue weighted by Gasteiger charge is 2.30. The van der Waals surface area contributed by atoms with Crippen LogP contribution in [-0.4, -0.2) is 66.8 Å². The Labute approximate surface area is 175 Å². The van der Waals surface area contributed by atoms with E-state index in [0.29, 0.717) is 28.7 Å². The van der Waals surface area contributed by atoms with Crippen LogP contribution >= 0.6 is 23.2 Å². The van der Waals surface area contributed by atoms with Gasteiger partial charge in [0.25, 0.3) is 0 Å². The Hall–Kier alpha value is -1.83. The largest absolute Gasteiger partial charge is 0.347 e. The highest BCUT2D eigenvalue weighted by Crippen LogP contribution is 2.26. The molecular formula is C19H26Cl2N4O3. The summed E-state index contributed by atoms with van der Waals surface area (Å²) >= 11 is 11.9. The minimum absolute atomic E-state index is 0.0600. The molecule has 9 heteroatoms. The molecule has 1 aromatic rings.